The number of phenolic OH excluding ortho intramolecular Hbond substituents is 1. The number of carbonyl (C=O) groups excluding carboxylic acids is 3. The molecule has 2 aromatic rings. The van der Waals surface area contributed by atoms with Crippen LogP contribution < -0.4 is 21.7 Å². The van der Waals surface area contributed by atoms with Crippen molar-refractivity contribution in [3.63, 3.8) is 0 Å². The van der Waals surface area contributed by atoms with Crippen LogP contribution in [0.3, 0.4) is 0 Å². The molecule has 0 spiro atoms. The lowest BCUT2D eigenvalue weighted by atomic mass is 9.99. The fraction of sp³-hybridized carbons (Fsp3) is 0.467. The van der Waals surface area contributed by atoms with E-state index in [9.17, 15) is 29.4 Å². The Morgan fingerprint density at radius 1 is 0.675 bits per heavy atom. The van der Waals surface area contributed by atoms with Gasteiger partial charge in [-0.25, -0.2) is 4.79 Å². The maximum Gasteiger partial charge on any atom is 0.326 e. The number of nitrogens with one attached hydrogen (secondary N) is 3. The first kappa shape index (κ1) is 32.3. The summed E-state index contributed by atoms with van der Waals surface area (Å²) in [6.07, 6.45) is 0.870. The summed E-state index contributed by atoms with van der Waals surface area (Å²) in [6.45, 7) is 7.66. The molecule has 40 heavy (non-hydrogen) atoms. The second-order valence-corrected chi connectivity index (χ2v) is 10.9. The zero-order chi connectivity index (χ0) is 29.8. The number of carboxylic acids is 1. The average molecular weight is 555 g/mol. The summed E-state index contributed by atoms with van der Waals surface area (Å²) >= 11 is 0. The van der Waals surface area contributed by atoms with E-state index in [1.165, 1.54) is 12.1 Å². The van der Waals surface area contributed by atoms with Crippen LogP contribution in [0.4, 0.5) is 0 Å². The summed E-state index contributed by atoms with van der Waals surface area (Å²) in [4.78, 5) is 51.5. The van der Waals surface area contributed by atoms with E-state index in [1.807, 2.05) is 58.0 Å². The summed E-state index contributed by atoms with van der Waals surface area (Å²) < 4.78 is 0. The molecule has 0 saturated heterocycles. The van der Waals surface area contributed by atoms with Crippen molar-refractivity contribution in [2.75, 3.05) is 0 Å². The number of aliphatic carboxylic acids is 1. The van der Waals surface area contributed by atoms with Crippen molar-refractivity contribution in [2.45, 2.75) is 77.5 Å². The SMILES string of the molecule is CC(C)CC(N)C(=O)NC(Cc1ccccc1)C(=O)NC(CC(C)C)C(=O)NC(Cc1ccc(O)cc1)C(=O)O. The number of aromatic hydroxyl groups is 1. The van der Waals surface area contributed by atoms with E-state index in [-0.39, 0.29) is 36.8 Å². The molecule has 0 aliphatic carbocycles. The summed E-state index contributed by atoms with van der Waals surface area (Å²) in [6, 6.07) is 11.1. The standard InChI is InChI=1S/C30H42N4O6/c1-18(2)14-23(31)27(36)32-25(16-20-8-6-5-7-9-20)29(38)33-24(15-19(3)4)28(37)34-26(30(39)40)17-21-10-12-22(35)13-11-21/h5-13,18-19,23-26,35H,14-17,31H2,1-4H3,(H,32,36)(H,33,38)(H,34,37)(H,39,40). The second-order valence-electron chi connectivity index (χ2n) is 10.9. The minimum atomic E-state index is -1.25. The molecule has 4 atom stereocenters. The Kier molecular flexibility index (Phi) is 12.6. The van der Waals surface area contributed by atoms with E-state index in [0.29, 0.717) is 12.0 Å². The lowest BCUT2D eigenvalue weighted by Crippen LogP contribution is -2.58. The molecule has 0 radical (unpaired) electrons. The number of amides is 3. The minimum Gasteiger partial charge on any atom is -0.508 e. The molecule has 4 unspecified atom stereocenters. The van der Waals surface area contributed by atoms with Gasteiger partial charge in [0.1, 0.15) is 23.9 Å². The fourth-order valence-corrected chi connectivity index (χ4v) is 4.27. The van der Waals surface area contributed by atoms with Gasteiger partial charge in [0.05, 0.1) is 6.04 Å². The highest BCUT2D eigenvalue weighted by molar-refractivity contribution is 5.94. The molecule has 10 heteroatoms. The highest BCUT2D eigenvalue weighted by Crippen LogP contribution is 2.13. The van der Waals surface area contributed by atoms with Gasteiger partial charge in [0.2, 0.25) is 17.7 Å². The molecule has 218 valence electrons. The monoisotopic (exact) mass is 554 g/mol. The number of carboxylic acid groups (broad SMARTS) is 1. The van der Waals surface area contributed by atoms with Gasteiger partial charge in [-0.15, -0.1) is 0 Å². The van der Waals surface area contributed by atoms with Crippen LogP contribution in [-0.4, -0.2) is 58.1 Å². The number of nitrogens with two attached hydrogens (primary N) is 1. The van der Waals surface area contributed by atoms with Crippen LogP contribution in [0.15, 0.2) is 54.6 Å². The molecule has 0 saturated carbocycles. The zero-order valence-corrected chi connectivity index (χ0v) is 23.6. The van der Waals surface area contributed by atoms with E-state index in [1.54, 1.807) is 12.1 Å². The predicted octanol–water partition coefficient (Wildman–Crippen LogP) is 2.14. The summed E-state index contributed by atoms with van der Waals surface area (Å²) in [5.74, 6) is -2.68. The maximum absolute atomic E-state index is 13.5. The Bertz CT molecular complexity index is 1120. The Morgan fingerprint density at radius 2 is 1.15 bits per heavy atom. The molecular formula is C30H42N4O6. The number of hydrogen-bond donors (Lipinski definition) is 6. The average Bonchev–Trinajstić information content (AvgIpc) is 2.88. The van der Waals surface area contributed by atoms with Gasteiger partial charge in [0.25, 0.3) is 0 Å². The third-order valence-corrected chi connectivity index (χ3v) is 6.31. The molecule has 0 heterocycles. The lowest BCUT2D eigenvalue weighted by molar-refractivity contribution is -0.142. The van der Waals surface area contributed by atoms with Crippen LogP contribution in [-0.2, 0) is 32.0 Å². The number of hydrogen-bond acceptors (Lipinski definition) is 6. The summed E-state index contributed by atoms with van der Waals surface area (Å²) in [5.41, 5.74) is 7.47. The molecule has 2 aromatic carbocycles. The minimum absolute atomic E-state index is 0.00180. The molecular weight excluding hydrogens is 512 g/mol. The van der Waals surface area contributed by atoms with E-state index in [2.05, 4.69) is 16.0 Å². The van der Waals surface area contributed by atoms with E-state index in [4.69, 9.17) is 5.73 Å². The molecule has 10 nitrogen and oxygen atoms in total. The topological polar surface area (TPSA) is 171 Å². The van der Waals surface area contributed by atoms with Crippen molar-refractivity contribution >= 4 is 23.7 Å². The fourth-order valence-electron chi connectivity index (χ4n) is 4.27. The zero-order valence-electron chi connectivity index (χ0n) is 23.6. The Balaban J connectivity index is 2.21. The Hall–Kier alpha value is -3.92. The lowest BCUT2D eigenvalue weighted by Gasteiger charge is -2.26. The maximum atomic E-state index is 13.5. The quantitative estimate of drug-likeness (QED) is 0.196. The smallest absolute Gasteiger partial charge is 0.326 e. The van der Waals surface area contributed by atoms with Crippen LogP contribution >= 0.6 is 0 Å². The third-order valence-electron chi connectivity index (χ3n) is 6.31. The van der Waals surface area contributed by atoms with Gasteiger partial charge in [0.15, 0.2) is 0 Å². The molecule has 0 aliphatic heterocycles. The first-order valence-electron chi connectivity index (χ1n) is 13.6. The number of benzene rings is 2. The van der Waals surface area contributed by atoms with Gasteiger partial charge in [-0.2, -0.15) is 0 Å². The Labute approximate surface area is 235 Å². The molecule has 0 fully saturated rings. The van der Waals surface area contributed by atoms with E-state index < -0.39 is 47.9 Å². The van der Waals surface area contributed by atoms with Crippen molar-refractivity contribution in [3.05, 3.63) is 65.7 Å². The number of phenols is 1. The highest BCUT2D eigenvalue weighted by Gasteiger charge is 2.31. The van der Waals surface area contributed by atoms with Crippen molar-refractivity contribution < 1.29 is 29.4 Å². The highest BCUT2D eigenvalue weighted by atomic mass is 16.4. The normalized spacial score (nSPS) is 14.2. The molecule has 0 aliphatic rings. The van der Waals surface area contributed by atoms with E-state index in [0.717, 1.165) is 5.56 Å². The van der Waals surface area contributed by atoms with Gasteiger partial charge in [-0.05, 0) is 47.9 Å². The van der Waals surface area contributed by atoms with Crippen molar-refractivity contribution in [1.82, 2.24) is 16.0 Å². The summed E-state index contributed by atoms with van der Waals surface area (Å²) in [5, 5.41) is 27.2. The first-order chi connectivity index (χ1) is 18.8. The predicted molar refractivity (Wildman–Crippen MR) is 152 cm³/mol. The molecule has 0 bridgehead atoms. The Morgan fingerprint density at radius 3 is 1.70 bits per heavy atom. The van der Waals surface area contributed by atoms with Crippen LogP contribution in [0.1, 0.15) is 51.7 Å². The second kappa shape index (κ2) is 15.6. The van der Waals surface area contributed by atoms with Gasteiger partial charge in [-0.3, -0.25) is 14.4 Å². The third kappa shape index (κ3) is 11.1. The molecule has 2 rings (SSSR count). The van der Waals surface area contributed by atoms with Gasteiger partial charge in [-0.1, -0.05) is 70.2 Å². The van der Waals surface area contributed by atoms with Crippen molar-refractivity contribution in [2.24, 2.45) is 17.6 Å². The van der Waals surface area contributed by atoms with Crippen LogP contribution in [0.5, 0.6) is 5.75 Å². The molecule has 3 amide bonds. The number of rotatable bonds is 15. The number of carbonyl (C=O) groups is 4. The largest absolute Gasteiger partial charge is 0.508 e. The van der Waals surface area contributed by atoms with Crippen molar-refractivity contribution in [3.8, 4) is 5.75 Å². The van der Waals surface area contributed by atoms with Gasteiger partial charge < -0.3 is 31.9 Å². The molecule has 0 aromatic heterocycles. The van der Waals surface area contributed by atoms with Crippen molar-refractivity contribution in [1.29, 1.82) is 0 Å². The van der Waals surface area contributed by atoms with Gasteiger partial charge in [0, 0.05) is 12.8 Å². The van der Waals surface area contributed by atoms with Gasteiger partial charge >= 0.3 is 5.97 Å². The van der Waals surface area contributed by atoms with E-state index >= 15 is 0 Å². The van der Waals surface area contributed by atoms with Crippen LogP contribution in [0.2, 0.25) is 0 Å². The van der Waals surface area contributed by atoms with Crippen LogP contribution in [0.25, 0.3) is 0 Å². The molecule has 7 N–H and O–H groups in total. The summed E-state index contributed by atoms with van der Waals surface area (Å²) in [7, 11) is 0. The first-order valence-corrected chi connectivity index (χ1v) is 13.6. The van der Waals surface area contributed by atoms with Crippen LogP contribution in [0, 0.1) is 11.8 Å².